The molecule has 2 aromatic carbocycles. The molecule has 1 unspecified atom stereocenters. The fourth-order valence-electron chi connectivity index (χ4n) is 5.10. The number of H-pyrrole nitrogens is 1. The summed E-state index contributed by atoms with van der Waals surface area (Å²) in [5.74, 6) is -3.61. The first kappa shape index (κ1) is 28.1. The summed E-state index contributed by atoms with van der Waals surface area (Å²) in [5, 5.41) is 15.7. The minimum atomic E-state index is -4.60. The predicted molar refractivity (Wildman–Crippen MR) is 135 cm³/mol. The molecule has 7 nitrogen and oxygen atoms in total. The van der Waals surface area contributed by atoms with Crippen LogP contribution in [0.1, 0.15) is 49.1 Å². The number of carbonyl (C=O) groups is 3. The number of aromatic nitrogens is 1. The molecule has 3 atom stereocenters. The summed E-state index contributed by atoms with van der Waals surface area (Å²) < 4.78 is 54.7. The summed E-state index contributed by atoms with van der Waals surface area (Å²) in [4.78, 5) is 41.5. The fraction of sp³-hybridized carbons (Fsp3) is 0.393. The molecule has 1 aliphatic carbocycles. The Morgan fingerprint density at radius 2 is 1.85 bits per heavy atom. The molecule has 1 aromatic heterocycles. The molecule has 2 amide bonds. The smallest absolute Gasteiger partial charge is 0.418 e. The van der Waals surface area contributed by atoms with E-state index >= 15 is 0 Å². The third-order valence-corrected chi connectivity index (χ3v) is 7.51. The van der Waals surface area contributed by atoms with Gasteiger partial charge in [-0.1, -0.05) is 50.6 Å². The third-order valence-electron chi connectivity index (χ3n) is 7.51. The van der Waals surface area contributed by atoms with E-state index in [1.54, 1.807) is 19.9 Å². The molecule has 39 heavy (non-hydrogen) atoms. The van der Waals surface area contributed by atoms with Crippen LogP contribution in [0.15, 0.2) is 42.5 Å². The van der Waals surface area contributed by atoms with Crippen molar-refractivity contribution in [2.45, 2.75) is 63.7 Å². The van der Waals surface area contributed by atoms with Crippen LogP contribution in [0.3, 0.4) is 0 Å². The number of benzene rings is 2. The summed E-state index contributed by atoms with van der Waals surface area (Å²) >= 11 is 0. The number of aryl methyl sites for hydroxylation is 1. The molecule has 1 aliphatic rings. The Morgan fingerprint density at radius 3 is 2.49 bits per heavy atom. The van der Waals surface area contributed by atoms with Gasteiger partial charge in [-0.05, 0) is 42.0 Å². The van der Waals surface area contributed by atoms with Gasteiger partial charge in [0, 0.05) is 17.5 Å². The summed E-state index contributed by atoms with van der Waals surface area (Å²) in [6.07, 6.45) is -4.63. The highest BCUT2D eigenvalue weighted by Gasteiger charge is 2.46. The van der Waals surface area contributed by atoms with Gasteiger partial charge >= 0.3 is 12.1 Å². The molecule has 0 bridgehead atoms. The molecule has 4 rings (SSSR count). The lowest BCUT2D eigenvalue weighted by Crippen LogP contribution is -2.62. The molecule has 1 heterocycles. The average Bonchev–Trinajstić information content (AvgIpc) is 3.25. The third kappa shape index (κ3) is 5.62. The van der Waals surface area contributed by atoms with Crippen LogP contribution in [0, 0.1) is 11.7 Å². The van der Waals surface area contributed by atoms with E-state index in [0.29, 0.717) is 17.7 Å². The highest BCUT2D eigenvalue weighted by Crippen LogP contribution is 2.40. The van der Waals surface area contributed by atoms with Crippen molar-refractivity contribution in [1.82, 2.24) is 15.6 Å². The van der Waals surface area contributed by atoms with Crippen molar-refractivity contribution >= 4 is 28.7 Å². The molecule has 0 fully saturated rings. The number of alkyl halides is 3. The Bertz CT molecular complexity index is 1420. The van der Waals surface area contributed by atoms with E-state index in [1.165, 1.54) is 30.3 Å². The number of hydrogen-bond donors (Lipinski definition) is 4. The second kappa shape index (κ2) is 10.7. The molecule has 208 valence electrons. The number of aromatic amines is 1. The van der Waals surface area contributed by atoms with Crippen LogP contribution in [-0.4, -0.2) is 39.5 Å². The zero-order chi connectivity index (χ0) is 28.5. The highest BCUT2D eigenvalue weighted by molar-refractivity contribution is 5.95. The highest BCUT2D eigenvalue weighted by atomic mass is 19.4. The maximum Gasteiger partial charge on any atom is 0.418 e. The minimum Gasteiger partial charge on any atom is -0.479 e. The number of aliphatic carboxylic acids is 1. The van der Waals surface area contributed by atoms with Crippen molar-refractivity contribution < 1.29 is 37.1 Å². The number of amides is 2. The Hall–Kier alpha value is -3.89. The van der Waals surface area contributed by atoms with Crippen LogP contribution >= 0.6 is 0 Å². The van der Waals surface area contributed by atoms with Crippen LogP contribution in [0.5, 0.6) is 0 Å². The van der Waals surface area contributed by atoms with Crippen LogP contribution in [-0.2, 0) is 39.8 Å². The first-order chi connectivity index (χ1) is 18.4. The first-order valence-corrected chi connectivity index (χ1v) is 12.6. The molecule has 0 saturated heterocycles. The van der Waals surface area contributed by atoms with Crippen LogP contribution in [0.2, 0.25) is 0 Å². The lowest BCUT2D eigenvalue weighted by atomic mass is 9.79. The van der Waals surface area contributed by atoms with Gasteiger partial charge in [0.2, 0.25) is 11.8 Å². The van der Waals surface area contributed by atoms with E-state index in [4.69, 9.17) is 0 Å². The van der Waals surface area contributed by atoms with Crippen molar-refractivity contribution in [3.63, 3.8) is 0 Å². The van der Waals surface area contributed by atoms with E-state index < -0.39 is 46.9 Å². The van der Waals surface area contributed by atoms with Crippen molar-refractivity contribution in [1.29, 1.82) is 0 Å². The molecule has 0 saturated carbocycles. The maximum atomic E-state index is 14.0. The van der Waals surface area contributed by atoms with E-state index in [1.807, 2.05) is 0 Å². The molecular formula is C28H29F4N3O4. The van der Waals surface area contributed by atoms with Gasteiger partial charge in [0.05, 0.1) is 17.5 Å². The van der Waals surface area contributed by atoms with Gasteiger partial charge in [-0.3, -0.25) is 9.59 Å². The maximum absolute atomic E-state index is 14.0. The molecule has 4 N–H and O–H groups in total. The lowest BCUT2D eigenvalue weighted by Gasteiger charge is -2.36. The zero-order valence-electron chi connectivity index (χ0n) is 21.4. The standard InChI is InChI=1S/C28H29F4N3O4/c1-3-15(2)23(34-22(36)13-16-7-4-5-10-20(16)29)25(37)35-27(26(38)39)12-11-21-18(14-27)17-8-6-9-19(24(17)33-21)28(30,31)32/h4-10,15,23,33H,3,11-14H2,1-2H3,(H,34,36)(H,35,37)(H,38,39)/t15?,23-,27-/m1/s1. The molecule has 11 heteroatoms. The van der Waals surface area contributed by atoms with E-state index in [9.17, 15) is 37.1 Å². The van der Waals surface area contributed by atoms with E-state index in [2.05, 4.69) is 15.6 Å². The largest absolute Gasteiger partial charge is 0.479 e. The topological polar surface area (TPSA) is 111 Å². The molecule has 0 radical (unpaired) electrons. The van der Waals surface area contributed by atoms with Crippen molar-refractivity contribution in [2.24, 2.45) is 5.92 Å². The second-order valence-corrected chi connectivity index (χ2v) is 10.1. The number of carboxylic acid groups (broad SMARTS) is 1. The van der Waals surface area contributed by atoms with Crippen LogP contribution < -0.4 is 10.6 Å². The number of carboxylic acids is 1. The van der Waals surface area contributed by atoms with Gasteiger partial charge < -0.3 is 20.7 Å². The van der Waals surface area contributed by atoms with Crippen molar-refractivity contribution in [3.8, 4) is 0 Å². The van der Waals surface area contributed by atoms with E-state index in [0.717, 1.165) is 6.07 Å². The van der Waals surface area contributed by atoms with Gasteiger partial charge in [0.25, 0.3) is 0 Å². The molecule has 0 aliphatic heterocycles. The number of hydrogen-bond acceptors (Lipinski definition) is 3. The summed E-state index contributed by atoms with van der Waals surface area (Å²) in [6.45, 7) is 3.52. The molecular weight excluding hydrogens is 518 g/mol. The van der Waals surface area contributed by atoms with Crippen molar-refractivity contribution in [2.75, 3.05) is 0 Å². The Balaban J connectivity index is 1.60. The molecule has 0 spiro atoms. The summed E-state index contributed by atoms with van der Waals surface area (Å²) in [5.41, 5.74) is -1.74. The van der Waals surface area contributed by atoms with Gasteiger partial charge in [0.1, 0.15) is 17.4 Å². The Labute approximate surface area is 222 Å². The first-order valence-electron chi connectivity index (χ1n) is 12.6. The van der Waals surface area contributed by atoms with Gasteiger partial charge in [-0.25, -0.2) is 9.18 Å². The normalized spacial score (nSPS) is 18.7. The fourth-order valence-corrected chi connectivity index (χ4v) is 5.10. The SMILES string of the molecule is CCC(C)[C@@H](NC(=O)Cc1ccccc1F)C(=O)N[C@]1(C(=O)O)CCc2[nH]c3c(C(F)(F)F)cccc3c2C1. The average molecular weight is 548 g/mol. The van der Waals surface area contributed by atoms with Gasteiger partial charge in [0.15, 0.2) is 0 Å². The van der Waals surface area contributed by atoms with Crippen LogP contribution in [0.4, 0.5) is 17.6 Å². The zero-order valence-corrected chi connectivity index (χ0v) is 21.4. The number of nitrogens with one attached hydrogen (secondary N) is 3. The number of halogens is 4. The van der Waals surface area contributed by atoms with Crippen molar-refractivity contribution in [3.05, 3.63) is 70.7 Å². The summed E-state index contributed by atoms with van der Waals surface area (Å²) in [7, 11) is 0. The predicted octanol–water partition coefficient (Wildman–Crippen LogP) is 4.53. The Kier molecular flexibility index (Phi) is 7.72. The quantitative estimate of drug-likeness (QED) is 0.311. The number of fused-ring (bicyclic) bond motifs is 3. The van der Waals surface area contributed by atoms with Crippen LogP contribution in [0.25, 0.3) is 10.9 Å². The monoisotopic (exact) mass is 547 g/mol. The molecule has 3 aromatic rings. The number of rotatable bonds is 8. The van der Waals surface area contributed by atoms with Gasteiger partial charge in [-0.2, -0.15) is 13.2 Å². The number of para-hydroxylation sites is 1. The lowest BCUT2D eigenvalue weighted by molar-refractivity contribution is -0.149. The van der Waals surface area contributed by atoms with Gasteiger partial charge in [-0.15, -0.1) is 0 Å². The Morgan fingerprint density at radius 1 is 1.13 bits per heavy atom. The summed E-state index contributed by atoms with van der Waals surface area (Å²) in [6, 6.07) is 8.36. The number of carbonyl (C=O) groups excluding carboxylic acids is 2. The second-order valence-electron chi connectivity index (χ2n) is 10.1. The minimum absolute atomic E-state index is 0.0638. The van der Waals surface area contributed by atoms with E-state index in [-0.39, 0.29) is 48.1 Å².